The number of Topliss-reactive ketones (excluding diaryl/α,β-unsaturated/α-hetero) is 1. The van der Waals surface area contributed by atoms with Gasteiger partial charge in [-0.3, -0.25) is 14.3 Å². The number of aliphatic hydroxyl groups is 1. The predicted octanol–water partition coefficient (Wildman–Crippen LogP) is 6.57. The summed E-state index contributed by atoms with van der Waals surface area (Å²) in [6.45, 7) is 16.2. The second-order valence-electron chi connectivity index (χ2n) is 18.0. The molecule has 61 heavy (non-hydrogen) atoms. The number of fused-ring (bicyclic) bond motifs is 1. The number of aliphatic hydroxyl groups excluding tert-OH is 1. The largest absolute Gasteiger partial charge is 0.458 e. The monoisotopic (exact) mass is 878 g/mol. The molecule has 13 atom stereocenters. The summed E-state index contributed by atoms with van der Waals surface area (Å²) in [4.78, 5) is 45.9. The number of carbonyl (C=O) groups excluding carboxylic acids is 3. The van der Waals surface area contributed by atoms with Crippen LogP contribution in [0.15, 0.2) is 30.5 Å². The van der Waals surface area contributed by atoms with Gasteiger partial charge < -0.3 is 44.3 Å². The van der Waals surface area contributed by atoms with Crippen LogP contribution in [0, 0.1) is 23.7 Å². The first-order valence-corrected chi connectivity index (χ1v) is 22.7. The number of amides is 1. The normalized spacial score (nSPS) is 35.2. The summed E-state index contributed by atoms with van der Waals surface area (Å²) in [5.41, 5.74) is 6.02. The molecule has 15 nitrogen and oxygen atoms in total. The molecule has 1 aromatic heterocycles. The number of aromatic nitrogens is 3. The molecule has 1 aromatic carbocycles. The summed E-state index contributed by atoms with van der Waals surface area (Å²) in [7, 11) is 5.41. The van der Waals surface area contributed by atoms with Crippen LogP contribution in [-0.2, 0) is 39.8 Å². The molecule has 0 radical (unpaired) electrons. The Morgan fingerprint density at radius 3 is 2.38 bits per heavy atom. The molecule has 0 aliphatic carbocycles. The molecule has 1 amide bonds. The van der Waals surface area contributed by atoms with Crippen LogP contribution < -0.4 is 5.73 Å². The molecular weight excluding hydrogens is 808 g/mol. The maximum absolute atomic E-state index is 14.3. The number of nitrogens with two attached hydrogens (primary N) is 1. The van der Waals surface area contributed by atoms with Crippen LogP contribution in [0.1, 0.15) is 93.9 Å². The minimum Gasteiger partial charge on any atom is -0.458 e. The first-order chi connectivity index (χ1) is 28.7. The maximum atomic E-state index is 14.3. The van der Waals surface area contributed by atoms with E-state index in [2.05, 4.69) is 24.2 Å². The molecule has 3 saturated heterocycles. The standard InChI is InChI=1S/C43H68N6O9.CH3FS/c1-12-34-43(8)37(49(41(53)58-43)19-14-13-18-48-24-32(45-46-48)30-16-15-17-31(44)22-30)26(3)20-25(2)23-42(7,54-11)38(28(5)35(50)29(6)39(52)56-34)57-40-36(51)33(47(9)10)21-27(4)55-40;1-3-2/h15-17,22,24-29,33-34,36-38,40,51H,12-14,18-21,23,44H2,1-11H3;1H3/t25?,26-,27+,28-,29+,33?,34+,36?,37+,38+,40-,42+,43+;/m0./s1. The molecule has 4 heterocycles. The second kappa shape index (κ2) is 21.8. The van der Waals surface area contributed by atoms with Gasteiger partial charge in [-0.2, -0.15) is 3.89 Å². The SMILES string of the molecule is CC[C@H]1OC(=O)[C@H](C)C(=O)[C@H](C)[C@@H](O[C@@H]2O[C@H](C)CC(N(C)C)C2O)[C@](C)(OC)CC(C)C[C@H](C)[C@H]2N(CCCCn3cc(-c4cccc(N)c4)nn3)C(=O)O[C@]12C.CSF. The van der Waals surface area contributed by atoms with Crippen molar-refractivity contribution in [2.24, 2.45) is 23.7 Å². The van der Waals surface area contributed by atoms with Crippen molar-refractivity contribution in [3.63, 3.8) is 0 Å². The zero-order valence-electron chi connectivity index (χ0n) is 38.2. The van der Waals surface area contributed by atoms with Crippen LogP contribution >= 0.6 is 12.1 Å². The first kappa shape index (κ1) is 50.3. The van der Waals surface area contributed by atoms with Crippen LogP contribution in [0.3, 0.4) is 0 Å². The lowest BCUT2D eigenvalue weighted by Crippen LogP contribution is -2.59. The lowest BCUT2D eigenvalue weighted by atomic mass is 9.74. The number of benzene rings is 1. The van der Waals surface area contributed by atoms with Crippen LogP contribution in [0.25, 0.3) is 11.3 Å². The second-order valence-corrected chi connectivity index (χ2v) is 18.3. The summed E-state index contributed by atoms with van der Waals surface area (Å²) in [6.07, 6.45) is 2.40. The van der Waals surface area contributed by atoms with Gasteiger partial charge in [-0.1, -0.05) is 45.0 Å². The molecule has 17 heteroatoms. The number of hydrogen-bond donors (Lipinski definition) is 2. The van der Waals surface area contributed by atoms with Crippen LogP contribution in [0.4, 0.5) is 14.4 Å². The number of anilines is 1. The number of nitrogens with zero attached hydrogens (tertiary/aromatic N) is 5. The van der Waals surface area contributed by atoms with Crippen molar-refractivity contribution < 1.29 is 47.1 Å². The average Bonchev–Trinajstić information content (AvgIpc) is 3.78. The number of carbonyl (C=O) groups is 3. The number of halogens is 1. The number of ketones is 1. The molecule has 2 aromatic rings. The Kier molecular flexibility index (Phi) is 18.0. The molecule has 344 valence electrons. The fraction of sp³-hybridized carbons (Fsp3) is 0.750. The van der Waals surface area contributed by atoms with Crippen LogP contribution in [-0.4, -0.2) is 136 Å². The minimum absolute atomic E-state index is 0.0188. The zero-order valence-corrected chi connectivity index (χ0v) is 39.0. The van der Waals surface area contributed by atoms with E-state index in [9.17, 15) is 23.4 Å². The third-order valence-electron chi connectivity index (χ3n) is 12.9. The zero-order chi connectivity index (χ0) is 45.4. The molecular formula is C44H71FN6O9S. The van der Waals surface area contributed by atoms with Gasteiger partial charge in [-0.15, -0.1) is 5.10 Å². The lowest BCUT2D eigenvalue weighted by molar-refractivity contribution is -0.295. The van der Waals surface area contributed by atoms with Gasteiger partial charge in [0, 0.05) is 61.8 Å². The highest BCUT2D eigenvalue weighted by molar-refractivity contribution is 7.93. The molecule has 3 N–H and O–H groups in total. The molecule has 5 rings (SSSR count). The van der Waals surface area contributed by atoms with Gasteiger partial charge in [-0.25, -0.2) is 4.79 Å². The number of nitrogen functional groups attached to an aromatic ring is 1. The predicted molar refractivity (Wildman–Crippen MR) is 233 cm³/mol. The topological polar surface area (TPSA) is 181 Å². The van der Waals surface area contributed by atoms with Crippen molar-refractivity contribution in [1.82, 2.24) is 24.8 Å². The first-order valence-electron chi connectivity index (χ1n) is 21.6. The Morgan fingerprint density at radius 1 is 1.08 bits per heavy atom. The highest BCUT2D eigenvalue weighted by Crippen LogP contribution is 2.44. The van der Waals surface area contributed by atoms with Crippen LogP contribution in [0.2, 0.25) is 0 Å². The number of rotatable bonds is 11. The molecule has 0 saturated carbocycles. The summed E-state index contributed by atoms with van der Waals surface area (Å²) in [6, 6.07) is 6.84. The van der Waals surface area contributed by atoms with E-state index in [4.69, 9.17) is 29.4 Å². The molecule has 0 spiro atoms. The molecule has 3 aliphatic rings. The Balaban J connectivity index is 0.00000265. The molecule has 0 bridgehead atoms. The van der Waals surface area contributed by atoms with Crippen molar-refractivity contribution in [3.8, 4) is 11.3 Å². The molecule has 3 fully saturated rings. The summed E-state index contributed by atoms with van der Waals surface area (Å²) in [5.74, 6) is -3.16. The highest BCUT2D eigenvalue weighted by Gasteiger charge is 2.59. The van der Waals surface area contributed by atoms with E-state index in [1.807, 2.05) is 77.2 Å². The van der Waals surface area contributed by atoms with Gasteiger partial charge >= 0.3 is 12.1 Å². The van der Waals surface area contributed by atoms with Gasteiger partial charge in [0.1, 0.15) is 23.8 Å². The van der Waals surface area contributed by atoms with E-state index < -0.39 is 65.7 Å². The number of esters is 1. The average molecular weight is 879 g/mol. The number of aryl methyl sites for hydroxylation is 1. The van der Waals surface area contributed by atoms with Crippen LogP contribution in [0.5, 0.6) is 0 Å². The van der Waals surface area contributed by atoms with E-state index in [1.165, 1.54) is 6.26 Å². The van der Waals surface area contributed by atoms with E-state index in [0.29, 0.717) is 50.9 Å². The summed E-state index contributed by atoms with van der Waals surface area (Å²) >= 11 is 0.250. The van der Waals surface area contributed by atoms with E-state index >= 15 is 0 Å². The number of likely N-dealkylation sites (N-methyl/N-ethyl adjacent to an activating group) is 1. The maximum Gasteiger partial charge on any atom is 0.410 e. The van der Waals surface area contributed by atoms with Gasteiger partial charge in [-0.05, 0) is 104 Å². The van der Waals surface area contributed by atoms with Crippen molar-refractivity contribution in [1.29, 1.82) is 0 Å². The quantitative estimate of drug-likeness (QED) is 0.107. The van der Waals surface area contributed by atoms with Crippen molar-refractivity contribution in [2.45, 2.75) is 154 Å². The minimum atomic E-state index is -1.18. The van der Waals surface area contributed by atoms with Gasteiger partial charge in [0.05, 0.1) is 30.0 Å². The van der Waals surface area contributed by atoms with Gasteiger partial charge in [0.2, 0.25) is 0 Å². The Hall–Kier alpha value is -3.35. The number of unbranched alkanes of at least 4 members (excludes halogenated alkanes) is 1. The fourth-order valence-corrected chi connectivity index (χ4v) is 9.83. The van der Waals surface area contributed by atoms with E-state index in [1.54, 1.807) is 30.5 Å². The highest BCUT2D eigenvalue weighted by atomic mass is 32.2. The number of methoxy groups -OCH3 is 1. The fourth-order valence-electron chi connectivity index (χ4n) is 9.83. The molecule has 3 unspecified atom stereocenters. The number of ether oxygens (including phenoxy) is 5. The van der Waals surface area contributed by atoms with E-state index in [-0.39, 0.29) is 41.9 Å². The third kappa shape index (κ3) is 11.8. The van der Waals surface area contributed by atoms with Crippen molar-refractivity contribution >= 4 is 35.7 Å². The number of cyclic esters (lactones) is 1. The van der Waals surface area contributed by atoms with Crippen molar-refractivity contribution in [2.75, 3.05) is 39.7 Å². The Labute approximate surface area is 366 Å². The third-order valence-corrected chi connectivity index (χ3v) is 12.9. The van der Waals surface area contributed by atoms with E-state index in [0.717, 1.165) is 17.7 Å². The lowest BCUT2D eigenvalue weighted by Gasteiger charge is -2.47. The summed E-state index contributed by atoms with van der Waals surface area (Å²) < 4.78 is 43.6. The van der Waals surface area contributed by atoms with Gasteiger partial charge in [0.15, 0.2) is 17.7 Å². The molecule has 3 aliphatic heterocycles. The number of hydrogen-bond acceptors (Lipinski definition) is 14. The Morgan fingerprint density at radius 2 is 1.75 bits per heavy atom. The Bertz CT molecular complexity index is 1760. The van der Waals surface area contributed by atoms with Crippen molar-refractivity contribution in [3.05, 3.63) is 30.5 Å². The summed E-state index contributed by atoms with van der Waals surface area (Å²) in [5, 5.41) is 20.1. The van der Waals surface area contributed by atoms with Gasteiger partial charge in [0.25, 0.3) is 0 Å². The smallest absolute Gasteiger partial charge is 0.410 e.